The van der Waals surface area contributed by atoms with Crippen LogP contribution in [0.15, 0.2) is 23.4 Å². The number of hydrogen-bond donors (Lipinski definition) is 1. The Morgan fingerprint density at radius 1 is 1.50 bits per heavy atom. The monoisotopic (exact) mass is 343 g/mol. The second-order valence-electron chi connectivity index (χ2n) is 5.25. The number of carboxylic acids is 1. The molecule has 1 atom stereocenters. The van der Waals surface area contributed by atoms with Crippen molar-refractivity contribution in [2.45, 2.75) is 30.6 Å². The highest BCUT2D eigenvalue weighted by Crippen LogP contribution is 2.30. The molecule has 0 saturated heterocycles. The molecule has 0 radical (unpaired) electrons. The van der Waals surface area contributed by atoms with Crippen LogP contribution in [-0.2, 0) is 21.4 Å². The molecule has 1 N–H and O–H groups in total. The van der Waals surface area contributed by atoms with Gasteiger partial charge in [0.2, 0.25) is 5.16 Å². The molecule has 3 rings (SSSR count). The number of nitrogens with zero attached hydrogens (tertiary/aromatic N) is 3. The van der Waals surface area contributed by atoms with E-state index in [1.54, 1.807) is 22.8 Å². The van der Waals surface area contributed by atoms with Gasteiger partial charge in [0.25, 0.3) is 10.0 Å². The molecule has 1 aromatic carbocycles. The van der Waals surface area contributed by atoms with Crippen molar-refractivity contribution in [3.8, 4) is 0 Å². The number of sulfonamides is 1. The molecule has 0 amide bonds. The van der Waals surface area contributed by atoms with Crippen molar-refractivity contribution in [1.29, 1.82) is 0 Å². The Labute approximate surface area is 132 Å². The molecule has 2 aromatic rings. The summed E-state index contributed by atoms with van der Waals surface area (Å²) in [4.78, 5) is 14.9. The molecule has 0 spiro atoms. The van der Waals surface area contributed by atoms with Crippen LogP contribution in [0.3, 0.4) is 0 Å². The van der Waals surface area contributed by atoms with Crippen LogP contribution in [-0.4, -0.2) is 46.4 Å². The molecule has 1 aliphatic heterocycles. The topological polar surface area (TPSA) is 92.5 Å². The third-order valence-electron chi connectivity index (χ3n) is 3.88. The highest BCUT2D eigenvalue weighted by atomic mass is 35.5. The summed E-state index contributed by atoms with van der Waals surface area (Å²) < 4.78 is 28.0. The lowest BCUT2D eigenvalue weighted by Crippen LogP contribution is -2.45. The minimum Gasteiger partial charge on any atom is -0.481 e. The Kier molecular flexibility index (Phi) is 3.62. The number of carboxylic acid groups (broad SMARTS) is 1. The summed E-state index contributed by atoms with van der Waals surface area (Å²) in [5.74, 6) is -0.945. The maximum absolute atomic E-state index is 12.6. The number of likely N-dealkylation sites (N-methyl/N-ethyl adjacent to an activating group) is 1. The molecule has 1 unspecified atom stereocenters. The molecule has 118 valence electrons. The highest BCUT2D eigenvalue weighted by Gasteiger charge is 2.38. The fraction of sp³-hybridized carbons (Fsp3) is 0.385. The molecule has 1 aromatic heterocycles. The van der Waals surface area contributed by atoms with E-state index in [1.165, 1.54) is 11.4 Å². The average molecular weight is 344 g/mol. The van der Waals surface area contributed by atoms with Crippen LogP contribution < -0.4 is 0 Å². The number of aliphatic carboxylic acids is 1. The molecular weight excluding hydrogens is 330 g/mol. The third-order valence-corrected chi connectivity index (χ3v) is 5.95. The molecule has 0 bridgehead atoms. The van der Waals surface area contributed by atoms with Gasteiger partial charge in [0, 0.05) is 31.1 Å². The second kappa shape index (κ2) is 5.22. The van der Waals surface area contributed by atoms with E-state index in [1.807, 2.05) is 0 Å². The Balaban J connectivity index is 2.11. The lowest BCUT2D eigenvalue weighted by Gasteiger charge is -2.32. The molecule has 0 saturated carbocycles. The number of benzene rings is 1. The van der Waals surface area contributed by atoms with E-state index in [-0.39, 0.29) is 18.0 Å². The lowest BCUT2D eigenvalue weighted by molar-refractivity contribution is -0.137. The molecule has 7 nitrogen and oxygen atoms in total. The Bertz CT molecular complexity index is 862. The van der Waals surface area contributed by atoms with Gasteiger partial charge in [0.15, 0.2) is 0 Å². The quantitative estimate of drug-likeness (QED) is 0.912. The molecule has 22 heavy (non-hydrogen) atoms. The van der Waals surface area contributed by atoms with Crippen LogP contribution in [0.5, 0.6) is 0 Å². The summed E-state index contributed by atoms with van der Waals surface area (Å²) in [5, 5.41) is 9.27. The first-order valence-electron chi connectivity index (χ1n) is 6.66. The molecule has 0 fully saturated rings. The van der Waals surface area contributed by atoms with Gasteiger partial charge in [-0.15, -0.1) is 0 Å². The van der Waals surface area contributed by atoms with E-state index >= 15 is 0 Å². The Hall–Kier alpha value is -1.64. The first-order valence-corrected chi connectivity index (χ1v) is 8.48. The van der Waals surface area contributed by atoms with E-state index in [4.69, 9.17) is 16.7 Å². The number of fused-ring (bicyclic) bond motifs is 3. The Morgan fingerprint density at radius 3 is 2.91 bits per heavy atom. The summed E-state index contributed by atoms with van der Waals surface area (Å²) in [7, 11) is -2.29. The third kappa shape index (κ3) is 2.37. The van der Waals surface area contributed by atoms with Crippen LogP contribution in [0.4, 0.5) is 0 Å². The van der Waals surface area contributed by atoms with Gasteiger partial charge in [0.05, 0.1) is 11.0 Å². The van der Waals surface area contributed by atoms with Crippen molar-refractivity contribution in [3.63, 3.8) is 0 Å². The van der Waals surface area contributed by atoms with Gasteiger partial charge in [-0.1, -0.05) is 11.6 Å². The van der Waals surface area contributed by atoms with E-state index in [0.717, 1.165) is 0 Å². The van der Waals surface area contributed by atoms with Crippen molar-refractivity contribution in [1.82, 2.24) is 13.9 Å². The Morgan fingerprint density at radius 2 is 2.23 bits per heavy atom. The molecule has 1 aliphatic rings. The van der Waals surface area contributed by atoms with Crippen LogP contribution in [0.25, 0.3) is 11.0 Å². The first kappa shape index (κ1) is 15.3. The largest absolute Gasteiger partial charge is 0.481 e. The summed E-state index contributed by atoms with van der Waals surface area (Å²) in [5.41, 5.74) is 1.19. The van der Waals surface area contributed by atoms with Crippen molar-refractivity contribution in [3.05, 3.63) is 23.2 Å². The predicted octanol–water partition coefficient (Wildman–Crippen LogP) is 1.56. The highest BCUT2D eigenvalue weighted by molar-refractivity contribution is 7.89. The van der Waals surface area contributed by atoms with Crippen molar-refractivity contribution in [2.75, 3.05) is 7.05 Å². The number of rotatable bonds is 3. The van der Waals surface area contributed by atoms with Gasteiger partial charge >= 0.3 is 5.97 Å². The molecular formula is C13H14ClN3O4S. The number of hydrogen-bond acceptors (Lipinski definition) is 4. The summed E-state index contributed by atoms with van der Waals surface area (Å²) in [6.45, 7) is 0.372. The standard InChI is InChI=1S/C13H14ClN3O4S/c1-16-9(3-5-12(18)19)7-17-11-4-2-8(14)6-10(11)15-13(17)22(16,20)21/h2,4,6,9H,3,5,7H2,1H3,(H,18,19). The van der Waals surface area contributed by atoms with Gasteiger partial charge < -0.3 is 9.67 Å². The van der Waals surface area contributed by atoms with Crippen LogP contribution in [0, 0.1) is 0 Å². The number of halogens is 1. The minimum atomic E-state index is -3.74. The maximum atomic E-state index is 12.6. The molecule has 0 aliphatic carbocycles. The molecule has 9 heteroatoms. The van der Waals surface area contributed by atoms with Gasteiger partial charge in [0.1, 0.15) is 0 Å². The van der Waals surface area contributed by atoms with Crippen LogP contribution in [0.2, 0.25) is 5.02 Å². The number of imidazole rings is 1. The van der Waals surface area contributed by atoms with Crippen molar-refractivity contribution >= 4 is 38.6 Å². The lowest BCUT2D eigenvalue weighted by atomic mass is 10.1. The van der Waals surface area contributed by atoms with Crippen molar-refractivity contribution in [2.24, 2.45) is 0 Å². The number of aromatic nitrogens is 2. The summed E-state index contributed by atoms with van der Waals surface area (Å²) in [6, 6.07) is 4.60. The zero-order valence-electron chi connectivity index (χ0n) is 11.7. The average Bonchev–Trinajstić information content (AvgIpc) is 2.80. The first-order chi connectivity index (χ1) is 10.3. The van der Waals surface area contributed by atoms with E-state index in [2.05, 4.69) is 4.98 Å². The minimum absolute atomic E-state index is 0.0289. The SMILES string of the molecule is CN1C(CCC(=O)O)Cn2c(nc3cc(Cl)ccc32)S1(=O)=O. The van der Waals surface area contributed by atoms with E-state index in [9.17, 15) is 13.2 Å². The zero-order chi connectivity index (χ0) is 16.1. The zero-order valence-corrected chi connectivity index (χ0v) is 13.3. The fourth-order valence-corrected chi connectivity index (χ4v) is 4.32. The van der Waals surface area contributed by atoms with Gasteiger partial charge in [-0.3, -0.25) is 4.79 Å². The number of carbonyl (C=O) groups is 1. The van der Waals surface area contributed by atoms with Gasteiger partial charge in [-0.2, -0.15) is 4.31 Å². The van der Waals surface area contributed by atoms with E-state index < -0.39 is 22.0 Å². The molecule has 2 heterocycles. The normalized spacial score (nSPS) is 20.9. The smallest absolute Gasteiger partial charge is 0.303 e. The fourth-order valence-electron chi connectivity index (χ4n) is 2.67. The van der Waals surface area contributed by atoms with Crippen LogP contribution in [0.1, 0.15) is 12.8 Å². The summed E-state index contributed by atoms with van der Waals surface area (Å²) >= 11 is 5.92. The van der Waals surface area contributed by atoms with E-state index in [0.29, 0.717) is 22.6 Å². The van der Waals surface area contributed by atoms with Gasteiger partial charge in [-0.05, 0) is 24.6 Å². The van der Waals surface area contributed by atoms with Crippen LogP contribution >= 0.6 is 11.6 Å². The summed E-state index contributed by atoms with van der Waals surface area (Å²) in [6.07, 6.45) is 0.163. The van der Waals surface area contributed by atoms with Gasteiger partial charge in [-0.25, -0.2) is 13.4 Å². The maximum Gasteiger partial charge on any atom is 0.303 e. The van der Waals surface area contributed by atoms with Crippen molar-refractivity contribution < 1.29 is 18.3 Å². The predicted molar refractivity (Wildman–Crippen MR) is 80.3 cm³/mol. The second-order valence-corrected chi connectivity index (χ2v) is 7.57.